The molecular formula is C14H20N2OS2. The van der Waals surface area contributed by atoms with Crippen molar-refractivity contribution in [3.63, 3.8) is 0 Å². The summed E-state index contributed by atoms with van der Waals surface area (Å²) >= 11 is 4.13. The topological polar surface area (TPSA) is 45.4 Å². The Morgan fingerprint density at radius 3 is 2.37 bits per heavy atom. The number of nitrogens with one attached hydrogen (secondary N) is 1. The molecule has 1 aliphatic rings. The number of thioether (sulfide) groups is 2. The molecule has 3 nitrogen and oxygen atoms in total. The minimum absolute atomic E-state index is 0.148. The summed E-state index contributed by atoms with van der Waals surface area (Å²) < 4.78 is 0.700. The Morgan fingerprint density at radius 2 is 1.95 bits per heavy atom. The normalized spacial score (nSPS) is 14.4. The Morgan fingerprint density at radius 1 is 1.37 bits per heavy atom. The van der Waals surface area contributed by atoms with Gasteiger partial charge in [-0.2, -0.15) is 0 Å². The monoisotopic (exact) mass is 296 g/mol. The first-order valence-corrected chi connectivity index (χ1v) is 8.27. The van der Waals surface area contributed by atoms with Crippen molar-refractivity contribution in [2.75, 3.05) is 11.5 Å². The van der Waals surface area contributed by atoms with Crippen LogP contribution in [0.4, 0.5) is 0 Å². The van der Waals surface area contributed by atoms with E-state index < -0.39 is 0 Å². The molecule has 1 aliphatic heterocycles. The van der Waals surface area contributed by atoms with E-state index in [4.69, 9.17) is 5.41 Å². The molecule has 0 radical (unpaired) electrons. The third-order valence-electron chi connectivity index (χ3n) is 2.47. The fourth-order valence-corrected chi connectivity index (χ4v) is 4.28. The number of nitrogens with zero attached hydrogens (tertiary/aromatic N) is 1. The van der Waals surface area contributed by atoms with Crippen LogP contribution >= 0.6 is 23.5 Å². The van der Waals surface area contributed by atoms with Gasteiger partial charge in [-0.3, -0.25) is 5.41 Å². The molecule has 2 rings (SSSR count). The summed E-state index contributed by atoms with van der Waals surface area (Å²) in [6, 6.07) is 8.92. The number of rotatable bonds is 3. The summed E-state index contributed by atoms with van der Waals surface area (Å²) in [4.78, 5) is 4.29. The zero-order valence-electron chi connectivity index (χ0n) is 11.4. The molecule has 1 aromatic carbocycles. The lowest BCUT2D eigenvalue weighted by atomic mass is 10.2. The molecule has 0 saturated carbocycles. The molecule has 19 heavy (non-hydrogen) atoms. The van der Waals surface area contributed by atoms with Gasteiger partial charge in [-0.15, -0.1) is 23.5 Å². The van der Waals surface area contributed by atoms with Crippen molar-refractivity contribution in [3.8, 4) is 0 Å². The third kappa shape index (κ3) is 6.16. The predicted molar refractivity (Wildman–Crippen MR) is 87.5 cm³/mol. The van der Waals surface area contributed by atoms with Crippen molar-refractivity contribution in [1.29, 1.82) is 5.41 Å². The number of oxime groups is 1. The highest BCUT2D eigenvalue weighted by molar-refractivity contribution is 8.19. The highest BCUT2D eigenvalue weighted by Crippen LogP contribution is 2.44. The van der Waals surface area contributed by atoms with Crippen LogP contribution in [0.2, 0.25) is 0 Å². The number of aryl methyl sites for hydroxylation is 1. The van der Waals surface area contributed by atoms with E-state index in [1.54, 1.807) is 0 Å². The molecule has 0 atom stereocenters. The smallest absolute Gasteiger partial charge is 0.217 e. The standard InChI is InChI=1S/C10H12S2.C4H8N2O/c1-8-2-4-9(5-3-8)10-11-6-7-12-10;1-3-4(5)7-6-2/h2-5,10H,6-7H2,1H3;5H,2-3H2,1H3. The summed E-state index contributed by atoms with van der Waals surface area (Å²) in [7, 11) is 0. The molecule has 1 aromatic rings. The van der Waals surface area contributed by atoms with Crippen LogP contribution in [0.5, 0.6) is 0 Å². The molecule has 1 fully saturated rings. The average Bonchev–Trinajstić information content (AvgIpc) is 2.94. The first kappa shape index (κ1) is 16.1. The fraction of sp³-hybridized carbons (Fsp3) is 0.429. The zero-order chi connectivity index (χ0) is 14.1. The highest BCUT2D eigenvalue weighted by Gasteiger charge is 2.17. The number of benzene rings is 1. The van der Waals surface area contributed by atoms with E-state index >= 15 is 0 Å². The van der Waals surface area contributed by atoms with Crippen molar-refractivity contribution in [2.24, 2.45) is 5.16 Å². The average molecular weight is 296 g/mol. The van der Waals surface area contributed by atoms with E-state index in [0.29, 0.717) is 11.0 Å². The van der Waals surface area contributed by atoms with Crippen LogP contribution in [-0.4, -0.2) is 24.1 Å². The largest absolute Gasteiger partial charge is 0.343 e. The van der Waals surface area contributed by atoms with Gasteiger partial charge in [0.2, 0.25) is 5.90 Å². The summed E-state index contributed by atoms with van der Waals surface area (Å²) in [5, 5.41) is 9.81. The molecule has 0 aromatic heterocycles. The Hall–Kier alpha value is -0.940. The Balaban J connectivity index is 0.000000224. The summed E-state index contributed by atoms with van der Waals surface area (Å²) in [5.41, 5.74) is 2.83. The second kappa shape index (κ2) is 9.04. The predicted octanol–water partition coefficient (Wildman–Crippen LogP) is 4.48. The Kier molecular flexibility index (Phi) is 7.67. The maximum Gasteiger partial charge on any atom is 0.217 e. The molecule has 5 heteroatoms. The van der Waals surface area contributed by atoms with E-state index in [1.807, 2.05) is 6.92 Å². The van der Waals surface area contributed by atoms with Gasteiger partial charge in [0.15, 0.2) is 0 Å². The van der Waals surface area contributed by atoms with Gasteiger partial charge in [-0.25, -0.2) is 0 Å². The van der Waals surface area contributed by atoms with Gasteiger partial charge in [-0.1, -0.05) is 41.9 Å². The molecule has 0 aliphatic carbocycles. The van der Waals surface area contributed by atoms with Crippen molar-refractivity contribution >= 4 is 36.1 Å². The van der Waals surface area contributed by atoms with Crippen LogP contribution in [0.1, 0.15) is 29.1 Å². The summed E-state index contributed by atoms with van der Waals surface area (Å²) in [6.07, 6.45) is 0.568. The van der Waals surface area contributed by atoms with Gasteiger partial charge in [0.05, 0.1) is 4.58 Å². The van der Waals surface area contributed by atoms with Crippen LogP contribution in [0.25, 0.3) is 0 Å². The van der Waals surface area contributed by atoms with E-state index in [0.717, 1.165) is 0 Å². The molecule has 0 spiro atoms. The molecule has 0 amide bonds. The molecule has 0 unspecified atom stereocenters. The summed E-state index contributed by atoms with van der Waals surface area (Å²) in [5.74, 6) is 2.77. The fourth-order valence-electron chi connectivity index (χ4n) is 1.42. The first-order valence-electron chi connectivity index (χ1n) is 6.17. The van der Waals surface area contributed by atoms with Gasteiger partial charge in [0, 0.05) is 24.6 Å². The third-order valence-corrected chi connectivity index (χ3v) is 5.57. The number of hydrogen-bond acceptors (Lipinski definition) is 5. The van der Waals surface area contributed by atoms with Gasteiger partial charge in [0.1, 0.15) is 0 Å². The molecule has 1 N–H and O–H groups in total. The lowest BCUT2D eigenvalue weighted by molar-refractivity contribution is 0.320. The maximum atomic E-state index is 6.78. The van der Waals surface area contributed by atoms with Gasteiger partial charge >= 0.3 is 0 Å². The van der Waals surface area contributed by atoms with Crippen LogP contribution in [0, 0.1) is 12.3 Å². The summed E-state index contributed by atoms with van der Waals surface area (Å²) in [6.45, 7) is 6.99. The van der Waals surface area contributed by atoms with E-state index in [9.17, 15) is 0 Å². The highest BCUT2D eigenvalue weighted by atomic mass is 32.2. The lowest BCUT2D eigenvalue weighted by Gasteiger charge is -2.07. The SMILES string of the molecule is C=NOC(=N)CC.Cc1ccc(C2SCCS2)cc1. The lowest BCUT2D eigenvalue weighted by Crippen LogP contribution is -1.92. The van der Waals surface area contributed by atoms with E-state index in [-0.39, 0.29) is 5.90 Å². The molecular weight excluding hydrogens is 276 g/mol. The quantitative estimate of drug-likeness (QED) is 0.508. The van der Waals surface area contributed by atoms with Gasteiger partial charge in [-0.05, 0) is 12.5 Å². The van der Waals surface area contributed by atoms with Crippen LogP contribution in [-0.2, 0) is 4.84 Å². The van der Waals surface area contributed by atoms with Crippen molar-refractivity contribution < 1.29 is 4.84 Å². The zero-order valence-corrected chi connectivity index (χ0v) is 13.0. The Bertz CT molecular complexity index is 400. The van der Waals surface area contributed by atoms with Crippen molar-refractivity contribution in [3.05, 3.63) is 35.4 Å². The van der Waals surface area contributed by atoms with Crippen molar-refractivity contribution in [2.45, 2.75) is 24.9 Å². The maximum absolute atomic E-state index is 6.78. The number of hydrogen-bond donors (Lipinski definition) is 1. The molecule has 1 heterocycles. The van der Waals surface area contributed by atoms with E-state index in [2.05, 4.69) is 71.4 Å². The Labute approximate surface area is 123 Å². The second-order valence-corrected chi connectivity index (χ2v) is 6.71. The minimum atomic E-state index is 0.148. The van der Waals surface area contributed by atoms with Crippen LogP contribution in [0.3, 0.4) is 0 Å². The van der Waals surface area contributed by atoms with E-state index in [1.165, 1.54) is 22.6 Å². The van der Waals surface area contributed by atoms with Gasteiger partial charge in [0.25, 0.3) is 0 Å². The molecule has 1 saturated heterocycles. The molecule has 0 bridgehead atoms. The van der Waals surface area contributed by atoms with Gasteiger partial charge < -0.3 is 4.84 Å². The van der Waals surface area contributed by atoms with Crippen LogP contribution in [0.15, 0.2) is 29.4 Å². The van der Waals surface area contributed by atoms with Crippen LogP contribution < -0.4 is 0 Å². The first-order chi connectivity index (χ1) is 9.17. The minimum Gasteiger partial charge on any atom is -0.343 e. The van der Waals surface area contributed by atoms with Crippen molar-refractivity contribution in [1.82, 2.24) is 0 Å². The molecule has 104 valence electrons. The second-order valence-electron chi connectivity index (χ2n) is 3.98.